The molecule has 112 valence electrons. The lowest BCUT2D eigenvalue weighted by molar-refractivity contribution is -0.132. The molecule has 0 spiro atoms. The van der Waals surface area contributed by atoms with Crippen LogP contribution in [0.2, 0.25) is 0 Å². The molecule has 0 aliphatic heterocycles. The molecule has 0 aromatic heterocycles. The lowest BCUT2D eigenvalue weighted by atomic mass is 9.64. The van der Waals surface area contributed by atoms with Crippen LogP contribution < -0.4 is 11.1 Å². The molecule has 0 aromatic rings. The molecular formula is C16H32N2O. The molecule has 0 bridgehead atoms. The first-order valence-corrected chi connectivity index (χ1v) is 7.92. The van der Waals surface area contributed by atoms with Gasteiger partial charge in [0.15, 0.2) is 0 Å². The third kappa shape index (κ3) is 3.71. The first-order valence-electron chi connectivity index (χ1n) is 7.92. The molecule has 0 aromatic carbocycles. The molecule has 1 saturated carbocycles. The average Bonchev–Trinajstić information content (AvgIpc) is 2.35. The summed E-state index contributed by atoms with van der Waals surface area (Å²) in [6.07, 6.45) is 6.71. The minimum absolute atomic E-state index is 0.162. The van der Waals surface area contributed by atoms with Crippen LogP contribution in [0.3, 0.4) is 0 Å². The second-order valence-corrected chi connectivity index (χ2v) is 6.83. The van der Waals surface area contributed by atoms with Crippen LogP contribution in [0.5, 0.6) is 0 Å². The Hall–Kier alpha value is -0.570. The smallest absolute Gasteiger partial charge is 0.227 e. The summed E-state index contributed by atoms with van der Waals surface area (Å²) in [7, 11) is 0. The number of amides is 1. The topological polar surface area (TPSA) is 55.1 Å². The predicted molar refractivity (Wildman–Crippen MR) is 80.8 cm³/mol. The second kappa shape index (κ2) is 6.74. The molecule has 0 atom stereocenters. The first kappa shape index (κ1) is 16.5. The number of carbonyl (C=O) groups is 1. The van der Waals surface area contributed by atoms with E-state index in [2.05, 4.69) is 33.0 Å². The molecular weight excluding hydrogens is 236 g/mol. The van der Waals surface area contributed by atoms with Crippen molar-refractivity contribution in [3.8, 4) is 0 Å². The second-order valence-electron chi connectivity index (χ2n) is 6.83. The van der Waals surface area contributed by atoms with E-state index < -0.39 is 0 Å². The summed E-state index contributed by atoms with van der Waals surface area (Å²) in [4.78, 5) is 12.4. The number of nitrogens with one attached hydrogen (secondary N) is 1. The Bertz CT molecular complexity index is 283. The Balaban J connectivity index is 2.57. The third-order valence-electron chi connectivity index (χ3n) is 5.11. The molecule has 1 amide bonds. The zero-order valence-electron chi connectivity index (χ0n) is 13.2. The van der Waals surface area contributed by atoms with Gasteiger partial charge in [-0.15, -0.1) is 0 Å². The summed E-state index contributed by atoms with van der Waals surface area (Å²) in [5.74, 6) is 0.865. The van der Waals surface area contributed by atoms with Crippen LogP contribution in [0, 0.1) is 16.7 Å². The molecule has 19 heavy (non-hydrogen) atoms. The van der Waals surface area contributed by atoms with E-state index in [0.717, 1.165) is 19.4 Å². The van der Waals surface area contributed by atoms with Crippen LogP contribution in [0.1, 0.15) is 66.2 Å². The third-order valence-corrected chi connectivity index (χ3v) is 5.11. The van der Waals surface area contributed by atoms with Crippen molar-refractivity contribution in [2.45, 2.75) is 66.2 Å². The largest absolute Gasteiger partial charge is 0.355 e. The zero-order valence-corrected chi connectivity index (χ0v) is 13.2. The van der Waals surface area contributed by atoms with Crippen LogP contribution in [0.15, 0.2) is 0 Å². The Morgan fingerprint density at radius 1 is 1.32 bits per heavy atom. The van der Waals surface area contributed by atoms with E-state index in [9.17, 15) is 4.79 Å². The minimum atomic E-state index is -0.358. The monoisotopic (exact) mass is 268 g/mol. The maximum Gasteiger partial charge on any atom is 0.227 e. The maximum absolute atomic E-state index is 12.4. The number of hydrogen-bond acceptors (Lipinski definition) is 2. The molecule has 0 radical (unpaired) electrons. The van der Waals surface area contributed by atoms with Gasteiger partial charge < -0.3 is 11.1 Å². The fraction of sp³-hybridized carbons (Fsp3) is 0.938. The molecule has 1 rings (SSSR count). The van der Waals surface area contributed by atoms with Crippen LogP contribution in [-0.2, 0) is 4.79 Å². The van der Waals surface area contributed by atoms with Crippen molar-refractivity contribution in [1.29, 1.82) is 0 Å². The molecule has 0 heterocycles. The van der Waals surface area contributed by atoms with Crippen molar-refractivity contribution in [3.05, 3.63) is 0 Å². The Labute approximate surface area is 118 Å². The van der Waals surface area contributed by atoms with Crippen LogP contribution >= 0.6 is 0 Å². The van der Waals surface area contributed by atoms with E-state index in [0.29, 0.717) is 17.9 Å². The average molecular weight is 268 g/mol. The molecule has 1 aliphatic rings. The van der Waals surface area contributed by atoms with Gasteiger partial charge in [-0.2, -0.15) is 0 Å². The first-order chi connectivity index (χ1) is 8.93. The molecule has 1 aliphatic carbocycles. The molecule has 1 fully saturated rings. The zero-order chi connectivity index (χ0) is 14.5. The fourth-order valence-electron chi connectivity index (χ4n) is 3.40. The maximum atomic E-state index is 12.4. The van der Waals surface area contributed by atoms with Gasteiger partial charge in [-0.05, 0) is 43.4 Å². The summed E-state index contributed by atoms with van der Waals surface area (Å²) in [5, 5.41) is 3.21. The lowest BCUT2D eigenvalue weighted by Gasteiger charge is -2.44. The highest BCUT2D eigenvalue weighted by Gasteiger charge is 2.39. The van der Waals surface area contributed by atoms with Gasteiger partial charge in [-0.25, -0.2) is 0 Å². The van der Waals surface area contributed by atoms with E-state index in [1.165, 1.54) is 25.7 Å². The summed E-state index contributed by atoms with van der Waals surface area (Å²) in [6.45, 7) is 9.94. The van der Waals surface area contributed by atoms with E-state index >= 15 is 0 Å². The Kier molecular flexibility index (Phi) is 5.84. The molecule has 0 unspecified atom stereocenters. The summed E-state index contributed by atoms with van der Waals surface area (Å²) in [5.41, 5.74) is 5.84. The number of nitrogens with two attached hydrogens (primary N) is 1. The van der Waals surface area contributed by atoms with E-state index in [1.807, 2.05) is 0 Å². The predicted octanol–water partition coefficient (Wildman–Crippen LogP) is 3.08. The van der Waals surface area contributed by atoms with Crippen LogP contribution in [0.25, 0.3) is 0 Å². The van der Waals surface area contributed by atoms with E-state index in [1.54, 1.807) is 0 Å². The number of hydrogen-bond donors (Lipinski definition) is 2. The molecule has 3 heteroatoms. The summed E-state index contributed by atoms with van der Waals surface area (Å²) < 4.78 is 0. The highest BCUT2D eigenvalue weighted by molar-refractivity contribution is 5.82. The van der Waals surface area contributed by atoms with Crippen molar-refractivity contribution in [2.24, 2.45) is 22.5 Å². The molecule has 0 saturated heterocycles. The van der Waals surface area contributed by atoms with Crippen molar-refractivity contribution in [2.75, 3.05) is 13.1 Å². The van der Waals surface area contributed by atoms with Gasteiger partial charge in [-0.1, -0.05) is 34.1 Å². The minimum Gasteiger partial charge on any atom is -0.355 e. The molecule has 3 N–H and O–H groups in total. The van der Waals surface area contributed by atoms with Crippen molar-refractivity contribution < 1.29 is 4.79 Å². The van der Waals surface area contributed by atoms with E-state index in [4.69, 9.17) is 5.73 Å². The van der Waals surface area contributed by atoms with Gasteiger partial charge >= 0.3 is 0 Å². The Morgan fingerprint density at radius 3 is 2.21 bits per heavy atom. The van der Waals surface area contributed by atoms with Gasteiger partial charge in [0.05, 0.1) is 5.41 Å². The quantitative estimate of drug-likeness (QED) is 0.711. The SMILES string of the molecule is CCC(CC)(CN)C(=O)NCC1(CC(C)C)CCC1. The van der Waals surface area contributed by atoms with Crippen molar-refractivity contribution in [1.82, 2.24) is 5.32 Å². The lowest BCUT2D eigenvalue weighted by Crippen LogP contribution is -2.50. The van der Waals surface area contributed by atoms with Crippen molar-refractivity contribution in [3.63, 3.8) is 0 Å². The Morgan fingerprint density at radius 2 is 1.89 bits per heavy atom. The fourth-order valence-corrected chi connectivity index (χ4v) is 3.40. The highest BCUT2D eigenvalue weighted by atomic mass is 16.2. The van der Waals surface area contributed by atoms with Gasteiger partial charge in [0, 0.05) is 13.1 Å². The van der Waals surface area contributed by atoms with Crippen LogP contribution in [0.4, 0.5) is 0 Å². The van der Waals surface area contributed by atoms with Crippen molar-refractivity contribution >= 4 is 5.91 Å². The van der Waals surface area contributed by atoms with Gasteiger partial charge in [-0.3, -0.25) is 4.79 Å². The van der Waals surface area contributed by atoms with Gasteiger partial charge in [0.2, 0.25) is 5.91 Å². The van der Waals surface area contributed by atoms with E-state index in [-0.39, 0.29) is 11.3 Å². The number of rotatable bonds is 8. The normalized spacial score (nSPS) is 18.2. The summed E-state index contributed by atoms with van der Waals surface area (Å²) in [6, 6.07) is 0. The standard InChI is InChI=1S/C16H32N2O/c1-5-16(6-2,11-17)14(19)18-12-15(8-7-9-15)10-13(3)4/h13H,5-12,17H2,1-4H3,(H,18,19). The van der Waals surface area contributed by atoms with Crippen LogP contribution in [-0.4, -0.2) is 19.0 Å². The van der Waals surface area contributed by atoms with Gasteiger partial charge in [0.25, 0.3) is 0 Å². The number of carbonyl (C=O) groups excluding carboxylic acids is 1. The van der Waals surface area contributed by atoms with Gasteiger partial charge in [0.1, 0.15) is 0 Å². The summed E-state index contributed by atoms with van der Waals surface area (Å²) >= 11 is 0. The molecule has 3 nitrogen and oxygen atoms in total. The highest BCUT2D eigenvalue weighted by Crippen LogP contribution is 2.45.